The van der Waals surface area contributed by atoms with E-state index in [1.807, 2.05) is 0 Å². The van der Waals surface area contributed by atoms with Crippen molar-refractivity contribution in [1.29, 1.82) is 0 Å². The van der Waals surface area contributed by atoms with Gasteiger partial charge in [0.15, 0.2) is 11.6 Å². The molecule has 0 saturated carbocycles. The van der Waals surface area contributed by atoms with E-state index in [1.54, 1.807) is 6.92 Å². The number of nitrogens with zero attached hydrogens (tertiary/aromatic N) is 1. The van der Waals surface area contributed by atoms with Crippen LogP contribution in [0.3, 0.4) is 0 Å². The summed E-state index contributed by atoms with van der Waals surface area (Å²) in [7, 11) is 0. The number of carbonyl (C=O) groups is 1. The molecule has 108 valence electrons. The number of halogens is 2. The SMILES string of the molecule is CCC(=CCOc1cc(F)c([N+](=O)[O-])cc1F)C(=O)O. The number of nitro groups is 1. The second-order valence-corrected chi connectivity index (χ2v) is 3.69. The Bertz CT molecular complexity index is 571. The van der Waals surface area contributed by atoms with Gasteiger partial charge >= 0.3 is 11.7 Å². The fraction of sp³-hybridized carbons (Fsp3) is 0.250. The van der Waals surface area contributed by atoms with Gasteiger partial charge in [0.1, 0.15) is 6.61 Å². The maximum absolute atomic E-state index is 13.4. The molecule has 1 rings (SSSR count). The third-order valence-electron chi connectivity index (χ3n) is 2.42. The molecule has 0 bridgehead atoms. The minimum Gasteiger partial charge on any atom is -0.486 e. The van der Waals surface area contributed by atoms with Crippen LogP contribution in [0.1, 0.15) is 13.3 Å². The maximum atomic E-state index is 13.4. The van der Waals surface area contributed by atoms with Crippen molar-refractivity contribution in [1.82, 2.24) is 0 Å². The van der Waals surface area contributed by atoms with Crippen LogP contribution in [0.15, 0.2) is 23.8 Å². The van der Waals surface area contributed by atoms with Crippen molar-refractivity contribution in [2.75, 3.05) is 6.61 Å². The number of ether oxygens (including phenoxy) is 1. The fourth-order valence-corrected chi connectivity index (χ4v) is 1.38. The third kappa shape index (κ3) is 3.74. The Morgan fingerprint density at radius 2 is 2.10 bits per heavy atom. The van der Waals surface area contributed by atoms with Gasteiger partial charge in [0.25, 0.3) is 0 Å². The molecule has 0 radical (unpaired) electrons. The number of carboxylic acids is 1. The Hall–Kier alpha value is -2.51. The summed E-state index contributed by atoms with van der Waals surface area (Å²) in [5, 5.41) is 19.1. The lowest BCUT2D eigenvalue weighted by molar-refractivity contribution is -0.387. The van der Waals surface area contributed by atoms with Crippen LogP contribution < -0.4 is 4.74 Å². The van der Waals surface area contributed by atoms with Gasteiger partial charge in [0, 0.05) is 11.6 Å². The van der Waals surface area contributed by atoms with Gasteiger partial charge in [0.2, 0.25) is 5.82 Å². The Labute approximate surface area is 112 Å². The minimum atomic E-state index is -1.23. The van der Waals surface area contributed by atoms with Gasteiger partial charge in [-0.1, -0.05) is 6.92 Å². The Morgan fingerprint density at radius 1 is 1.45 bits per heavy atom. The number of nitro benzene ring substituents is 1. The molecule has 0 aliphatic heterocycles. The van der Waals surface area contributed by atoms with Crippen LogP contribution in [0.2, 0.25) is 0 Å². The van der Waals surface area contributed by atoms with E-state index in [1.165, 1.54) is 6.08 Å². The number of carboxylic acid groups (broad SMARTS) is 1. The summed E-state index contributed by atoms with van der Waals surface area (Å²) in [4.78, 5) is 20.0. The topological polar surface area (TPSA) is 89.7 Å². The van der Waals surface area contributed by atoms with E-state index in [0.717, 1.165) is 0 Å². The first-order chi connectivity index (χ1) is 9.36. The molecule has 0 spiro atoms. The monoisotopic (exact) mass is 287 g/mol. The summed E-state index contributed by atoms with van der Waals surface area (Å²) in [5.74, 6) is -3.99. The second kappa shape index (κ2) is 6.60. The van der Waals surface area contributed by atoms with Crippen molar-refractivity contribution in [3.8, 4) is 5.75 Å². The van der Waals surface area contributed by atoms with Gasteiger partial charge in [-0.2, -0.15) is 4.39 Å². The van der Waals surface area contributed by atoms with Gasteiger partial charge in [-0.3, -0.25) is 10.1 Å². The highest BCUT2D eigenvalue weighted by Crippen LogP contribution is 2.26. The number of rotatable bonds is 6. The van der Waals surface area contributed by atoms with Crippen LogP contribution in [0.5, 0.6) is 5.75 Å². The summed E-state index contributed by atoms with van der Waals surface area (Å²) in [6.07, 6.45) is 1.46. The van der Waals surface area contributed by atoms with Crippen LogP contribution in [-0.2, 0) is 4.79 Å². The zero-order chi connectivity index (χ0) is 15.3. The van der Waals surface area contributed by atoms with Crippen molar-refractivity contribution >= 4 is 11.7 Å². The summed E-state index contributed by atoms with van der Waals surface area (Å²) < 4.78 is 31.5. The first-order valence-electron chi connectivity index (χ1n) is 5.55. The molecule has 6 nitrogen and oxygen atoms in total. The summed E-state index contributed by atoms with van der Waals surface area (Å²) in [6.45, 7) is 1.33. The predicted octanol–water partition coefficient (Wildman–Crippen LogP) is 2.67. The first kappa shape index (κ1) is 15.5. The van der Waals surface area contributed by atoms with Crippen LogP contribution in [0, 0.1) is 21.7 Å². The average molecular weight is 287 g/mol. The van der Waals surface area contributed by atoms with E-state index >= 15 is 0 Å². The van der Waals surface area contributed by atoms with Gasteiger partial charge in [0.05, 0.1) is 11.0 Å². The number of hydrogen-bond acceptors (Lipinski definition) is 4. The molecule has 0 heterocycles. The quantitative estimate of drug-likeness (QED) is 0.493. The Balaban J connectivity index is 2.87. The van der Waals surface area contributed by atoms with Crippen molar-refractivity contribution in [3.63, 3.8) is 0 Å². The highest BCUT2D eigenvalue weighted by Gasteiger charge is 2.19. The summed E-state index contributed by atoms with van der Waals surface area (Å²) in [5.41, 5.74) is -0.932. The van der Waals surface area contributed by atoms with Crippen LogP contribution in [0.4, 0.5) is 14.5 Å². The Kier molecular flexibility index (Phi) is 5.13. The average Bonchev–Trinajstić information content (AvgIpc) is 2.37. The number of hydrogen-bond donors (Lipinski definition) is 1. The lowest BCUT2D eigenvalue weighted by Crippen LogP contribution is -2.04. The molecule has 0 aliphatic rings. The third-order valence-corrected chi connectivity index (χ3v) is 2.42. The van der Waals surface area contributed by atoms with Gasteiger partial charge in [-0.15, -0.1) is 0 Å². The van der Waals surface area contributed by atoms with Gasteiger partial charge < -0.3 is 9.84 Å². The molecule has 1 N–H and O–H groups in total. The summed E-state index contributed by atoms with van der Waals surface area (Å²) in [6, 6.07) is 0.958. The zero-order valence-corrected chi connectivity index (χ0v) is 10.4. The minimum absolute atomic E-state index is 0.0628. The Morgan fingerprint density at radius 3 is 2.60 bits per heavy atom. The summed E-state index contributed by atoms with van der Waals surface area (Å²) >= 11 is 0. The van der Waals surface area contributed by atoms with E-state index in [-0.39, 0.29) is 18.6 Å². The lowest BCUT2D eigenvalue weighted by Gasteiger charge is -2.06. The largest absolute Gasteiger partial charge is 0.486 e. The van der Waals surface area contributed by atoms with Crippen LogP contribution >= 0.6 is 0 Å². The van der Waals surface area contributed by atoms with Gasteiger partial charge in [-0.05, 0) is 12.5 Å². The molecular weight excluding hydrogens is 276 g/mol. The predicted molar refractivity (Wildman–Crippen MR) is 64.5 cm³/mol. The lowest BCUT2D eigenvalue weighted by atomic mass is 10.2. The molecule has 0 atom stereocenters. The van der Waals surface area contributed by atoms with Crippen molar-refractivity contribution in [3.05, 3.63) is 45.5 Å². The molecule has 0 amide bonds. The molecule has 0 saturated heterocycles. The zero-order valence-electron chi connectivity index (χ0n) is 10.4. The highest BCUT2D eigenvalue weighted by atomic mass is 19.1. The van der Waals surface area contributed by atoms with E-state index in [0.29, 0.717) is 12.1 Å². The van der Waals surface area contributed by atoms with Crippen LogP contribution in [0.25, 0.3) is 0 Å². The molecule has 0 unspecified atom stereocenters. The molecular formula is C12H11F2NO5. The van der Waals surface area contributed by atoms with Crippen molar-refractivity contribution in [2.24, 2.45) is 0 Å². The molecule has 0 aliphatic carbocycles. The standard InChI is InChI=1S/C12H11F2NO5/c1-2-7(12(16)17)3-4-20-11-6-8(13)10(15(18)19)5-9(11)14/h3,5-6H,2,4H2,1H3,(H,16,17). The van der Waals surface area contributed by atoms with E-state index < -0.39 is 34.0 Å². The number of aliphatic carboxylic acids is 1. The molecule has 20 heavy (non-hydrogen) atoms. The molecule has 8 heteroatoms. The smallest absolute Gasteiger partial charge is 0.331 e. The van der Waals surface area contributed by atoms with E-state index in [4.69, 9.17) is 9.84 Å². The molecule has 1 aromatic rings. The fourth-order valence-electron chi connectivity index (χ4n) is 1.38. The maximum Gasteiger partial charge on any atom is 0.331 e. The highest BCUT2D eigenvalue weighted by molar-refractivity contribution is 5.86. The van der Waals surface area contributed by atoms with Crippen molar-refractivity contribution in [2.45, 2.75) is 13.3 Å². The number of benzene rings is 1. The molecule has 0 aromatic heterocycles. The second-order valence-electron chi connectivity index (χ2n) is 3.69. The first-order valence-corrected chi connectivity index (χ1v) is 5.55. The van der Waals surface area contributed by atoms with E-state index in [9.17, 15) is 23.7 Å². The molecule has 0 fully saturated rings. The van der Waals surface area contributed by atoms with Crippen molar-refractivity contribution < 1.29 is 28.3 Å². The van der Waals surface area contributed by atoms with Crippen LogP contribution in [-0.4, -0.2) is 22.6 Å². The van der Waals surface area contributed by atoms with Gasteiger partial charge in [-0.25, -0.2) is 9.18 Å². The normalized spacial score (nSPS) is 11.2. The molecule has 1 aromatic carbocycles. The van der Waals surface area contributed by atoms with E-state index in [2.05, 4.69) is 0 Å².